The van der Waals surface area contributed by atoms with Gasteiger partial charge < -0.3 is 9.64 Å². The maximum Gasteiger partial charge on any atom is 0.121 e. The lowest BCUT2D eigenvalue weighted by atomic mass is 10.1. The molecule has 154 valence electrons. The number of ether oxygens (including phenoxy) is 1. The summed E-state index contributed by atoms with van der Waals surface area (Å²) in [5, 5.41) is 4.91. The summed E-state index contributed by atoms with van der Waals surface area (Å²) >= 11 is 6.57. The number of benzene rings is 2. The molecule has 0 radical (unpaired) electrons. The first kappa shape index (κ1) is 20.2. The lowest BCUT2D eigenvalue weighted by Crippen LogP contribution is -2.19. The van der Waals surface area contributed by atoms with Crippen molar-refractivity contribution in [3.05, 3.63) is 60.0 Å². The van der Waals surface area contributed by atoms with Crippen LogP contribution >= 0.6 is 11.6 Å². The lowest BCUT2D eigenvalue weighted by Gasteiger charge is -2.26. The van der Waals surface area contributed by atoms with E-state index in [9.17, 15) is 0 Å². The van der Waals surface area contributed by atoms with Crippen molar-refractivity contribution in [1.29, 1.82) is 0 Å². The van der Waals surface area contributed by atoms with Gasteiger partial charge in [0.1, 0.15) is 5.75 Å². The van der Waals surface area contributed by atoms with Crippen molar-refractivity contribution < 1.29 is 4.74 Å². The standard InChI is InChI=1S/C23H24ClN5O/c1-4-5-10-29(23-12-18(30-3)7-8-19(23)24)17-6-9-20-21(11-17)27-22(14-25-20)16-13-26-28(2)15-16/h6-9,11-15H,4-5,10H2,1-3H3. The highest BCUT2D eigenvalue weighted by Crippen LogP contribution is 2.36. The van der Waals surface area contributed by atoms with E-state index in [0.717, 1.165) is 58.8 Å². The number of rotatable bonds is 7. The van der Waals surface area contributed by atoms with Crippen LogP contribution in [0, 0.1) is 0 Å². The Kier molecular flexibility index (Phi) is 5.86. The van der Waals surface area contributed by atoms with Gasteiger partial charge in [0.05, 0.1) is 46.9 Å². The summed E-state index contributed by atoms with van der Waals surface area (Å²) in [6.07, 6.45) is 7.63. The molecule has 0 saturated carbocycles. The fourth-order valence-electron chi connectivity index (χ4n) is 3.39. The summed E-state index contributed by atoms with van der Waals surface area (Å²) < 4.78 is 7.18. The molecule has 2 aromatic carbocycles. The van der Waals surface area contributed by atoms with E-state index in [1.54, 1.807) is 24.2 Å². The van der Waals surface area contributed by atoms with Gasteiger partial charge in [-0.05, 0) is 36.8 Å². The van der Waals surface area contributed by atoms with Gasteiger partial charge >= 0.3 is 0 Å². The second-order valence-corrected chi connectivity index (χ2v) is 7.56. The van der Waals surface area contributed by atoms with Crippen LogP contribution in [-0.2, 0) is 7.05 Å². The van der Waals surface area contributed by atoms with Gasteiger partial charge in [0.15, 0.2) is 0 Å². The van der Waals surface area contributed by atoms with Gasteiger partial charge in [0, 0.05) is 37.1 Å². The molecular weight excluding hydrogens is 398 g/mol. The summed E-state index contributed by atoms with van der Waals surface area (Å²) in [5.74, 6) is 0.773. The number of halogens is 1. The molecule has 0 atom stereocenters. The number of hydrogen-bond donors (Lipinski definition) is 0. The Morgan fingerprint density at radius 3 is 2.70 bits per heavy atom. The molecule has 4 rings (SSSR count). The Labute approximate surface area is 181 Å². The molecule has 0 unspecified atom stereocenters. The number of methoxy groups -OCH3 is 1. The third kappa shape index (κ3) is 4.09. The average Bonchev–Trinajstić information content (AvgIpc) is 3.21. The fourth-order valence-corrected chi connectivity index (χ4v) is 3.61. The van der Waals surface area contributed by atoms with Crippen LogP contribution < -0.4 is 9.64 Å². The van der Waals surface area contributed by atoms with Crippen molar-refractivity contribution in [3.8, 4) is 17.0 Å². The van der Waals surface area contributed by atoms with E-state index >= 15 is 0 Å². The van der Waals surface area contributed by atoms with Gasteiger partial charge in [-0.2, -0.15) is 5.10 Å². The van der Waals surface area contributed by atoms with Crippen molar-refractivity contribution in [3.63, 3.8) is 0 Å². The summed E-state index contributed by atoms with van der Waals surface area (Å²) in [7, 11) is 3.55. The number of aryl methyl sites for hydroxylation is 1. The largest absolute Gasteiger partial charge is 0.497 e. The highest BCUT2D eigenvalue weighted by Gasteiger charge is 2.15. The normalized spacial score (nSPS) is 11.1. The van der Waals surface area contributed by atoms with Crippen molar-refractivity contribution in [2.24, 2.45) is 7.05 Å². The summed E-state index contributed by atoms with van der Waals surface area (Å²) in [6.45, 7) is 3.02. The van der Waals surface area contributed by atoms with Gasteiger partial charge in [-0.3, -0.25) is 9.67 Å². The maximum absolute atomic E-state index is 6.57. The molecule has 0 aliphatic rings. The molecule has 0 aliphatic carbocycles. The first-order valence-electron chi connectivity index (χ1n) is 9.96. The van der Waals surface area contributed by atoms with Crippen LogP contribution in [0.3, 0.4) is 0 Å². The van der Waals surface area contributed by atoms with E-state index in [4.69, 9.17) is 21.3 Å². The first-order valence-corrected chi connectivity index (χ1v) is 10.3. The van der Waals surface area contributed by atoms with Gasteiger partial charge in [-0.15, -0.1) is 0 Å². The molecule has 0 bridgehead atoms. The van der Waals surface area contributed by atoms with Gasteiger partial charge in [0.2, 0.25) is 0 Å². The molecule has 6 nitrogen and oxygen atoms in total. The molecule has 2 aromatic heterocycles. The summed E-state index contributed by atoms with van der Waals surface area (Å²) in [6, 6.07) is 11.8. The van der Waals surface area contributed by atoms with Gasteiger partial charge in [-0.25, -0.2) is 4.98 Å². The monoisotopic (exact) mass is 421 g/mol. The highest BCUT2D eigenvalue weighted by atomic mass is 35.5. The molecular formula is C23H24ClN5O. The number of aromatic nitrogens is 4. The molecule has 30 heavy (non-hydrogen) atoms. The number of hydrogen-bond acceptors (Lipinski definition) is 5. The Morgan fingerprint density at radius 1 is 1.10 bits per heavy atom. The number of fused-ring (bicyclic) bond motifs is 1. The third-order valence-corrected chi connectivity index (χ3v) is 5.34. The molecule has 0 N–H and O–H groups in total. The van der Waals surface area contributed by atoms with E-state index in [1.807, 2.05) is 37.5 Å². The smallest absolute Gasteiger partial charge is 0.121 e. The zero-order valence-electron chi connectivity index (χ0n) is 17.3. The molecule has 2 heterocycles. The van der Waals surface area contributed by atoms with Crippen LogP contribution in [0.2, 0.25) is 5.02 Å². The molecule has 0 aliphatic heterocycles. The van der Waals surface area contributed by atoms with Crippen molar-refractivity contribution in [1.82, 2.24) is 19.7 Å². The maximum atomic E-state index is 6.57. The van der Waals surface area contributed by atoms with Crippen LogP contribution in [-0.4, -0.2) is 33.4 Å². The molecule has 4 aromatic rings. The Morgan fingerprint density at radius 2 is 1.97 bits per heavy atom. The van der Waals surface area contributed by atoms with E-state index < -0.39 is 0 Å². The van der Waals surface area contributed by atoms with Crippen molar-refractivity contribution in [2.45, 2.75) is 19.8 Å². The third-order valence-electron chi connectivity index (χ3n) is 5.02. The Bertz CT molecular complexity index is 1170. The highest BCUT2D eigenvalue weighted by molar-refractivity contribution is 6.33. The van der Waals surface area contributed by atoms with Crippen molar-refractivity contribution in [2.75, 3.05) is 18.6 Å². The fraction of sp³-hybridized carbons (Fsp3) is 0.261. The average molecular weight is 422 g/mol. The number of anilines is 2. The topological polar surface area (TPSA) is 56.1 Å². The van der Waals surface area contributed by atoms with E-state index in [2.05, 4.69) is 34.0 Å². The minimum atomic E-state index is 0.683. The zero-order chi connectivity index (χ0) is 21.1. The van der Waals surface area contributed by atoms with Gasteiger partial charge in [-0.1, -0.05) is 24.9 Å². The second kappa shape index (κ2) is 8.71. The van der Waals surface area contributed by atoms with Crippen LogP contribution in [0.5, 0.6) is 5.75 Å². The quantitative estimate of drug-likeness (QED) is 0.387. The van der Waals surface area contributed by atoms with Gasteiger partial charge in [0.25, 0.3) is 0 Å². The van der Waals surface area contributed by atoms with Crippen LogP contribution in [0.4, 0.5) is 11.4 Å². The van der Waals surface area contributed by atoms with Crippen molar-refractivity contribution >= 4 is 34.0 Å². The Balaban J connectivity index is 1.79. The van der Waals surface area contributed by atoms with E-state index in [0.29, 0.717) is 5.02 Å². The van der Waals surface area contributed by atoms with Crippen LogP contribution in [0.1, 0.15) is 19.8 Å². The molecule has 0 saturated heterocycles. The molecule has 0 spiro atoms. The Hall–Kier alpha value is -3.12. The SMILES string of the molecule is CCCCN(c1ccc2ncc(-c3cnn(C)c3)nc2c1)c1cc(OC)ccc1Cl. The van der Waals surface area contributed by atoms with E-state index in [-0.39, 0.29) is 0 Å². The zero-order valence-corrected chi connectivity index (χ0v) is 18.1. The minimum absolute atomic E-state index is 0.683. The lowest BCUT2D eigenvalue weighted by molar-refractivity contribution is 0.415. The second-order valence-electron chi connectivity index (χ2n) is 7.15. The molecule has 7 heteroatoms. The van der Waals surface area contributed by atoms with Crippen LogP contribution in [0.15, 0.2) is 55.0 Å². The number of nitrogens with zero attached hydrogens (tertiary/aromatic N) is 5. The summed E-state index contributed by atoms with van der Waals surface area (Å²) in [4.78, 5) is 11.6. The summed E-state index contributed by atoms with van der Waals surface area (Å²) in [5.41, 5.74) is 5.35. The molecule has 0 amide bonds. The molecule has 0 fully saturated rings. The van der Waals surface area contributed by atoms with E-state index in [1.165, 1.54) is 0 Å². The number of unbranched alkanes of at least 4 members (excludes halogenated alkanes) is 1. The predicted octanol–water partition coefficient (Wildman–Crippen LogP) is 5.63. The predicted molar refractivity (Wildman–Crippen MR) is 122 cm³/mol. The minimum Gasteiger partial charge on any atom is -0.497 e. The van der Waals surface area contributed by atoms with Crippen LogP contribution in [0.25, 0.3) is 22.3 Å². The first-order chi connectivity index (χ1) is 14.6.